The van der Waals surface area contributed by atoms with E-state index < -0.39 is 38.7 Å². The average molecular weight is 506 g/mol. The molecule has 178 valence electrons. The van der Waals surface area contributed by atoms with Crippen molar-refractivity contribution in [1.29, 1.82) is 0 Å². The molecule has 4 aromatic rings. The molecule has 2 N–H and O–H groups in total. The number of ketones is 1. The molecule has 0 unspecified atom stereocenters. The van der Waals surface area contributed by atoms with Gasteiger partial charge in [0.1, 0.15) is 11.5 Å². The Hall–Kier alpha value is -3.38. The fourth-order valence-electron chi connectivity index (χ4n) is 3.39. The molecule has 0 bridgehead atoms. The molecule has 34 heavy (non-hydrogen) atoms. The number of nitrogens with zero attached hydrogens (tertiary/aromatic N) is 3. The molecule has 0 spiro atoms. The fraction of sp³-hybridized carbons (Fsp3) is 0.227. The summed E-state index contributed by atoms with van der Waals surface area (Å²) in [5.74, 6) is -3.56. The Kier molecular flexibility index (Phi) is 6.36. The lowest BCUT2D eigenvalue weighted by Gasteiger charge is -2.11. The second-order valence-electron chi connectivity index (χ2n) is 7.77. The van der Waals surface area contributed by atoms with E-state index in [2.05, 4.69) is 19.7 Å². The maximum Gasteiger partial charge on any atom is 0.232 e. The summed E-state index contributed by atoms with van der Waals surface area (Å²) in [7, 11) is -0.106. The molecule has 0 aliphatic heterocycles. The van der Waals surface area contributed by atoms with Gasteiger partial charge in [-0.2, -0.15) is 0 Å². The van der Waals surface area contributed by atoms with Crippen LogP contribution in [0.1, 0.15) is 29.3 Å². The van der Waals surface area contributed by atoms with Gasteiger partial charge >= 0.3 is 0 Å². The number of nitrogens with one attached hydrogen (secondary N) is 2. The number of hydrogen-bond acceptors (Lipinski definition) is 7. The third-order valence-corrected chi connectivity index (χ3v) is 7.49. The second kappa shape index (κ2) is 9.11. The first kappa shape index (κ1) is 23.8. The SMILES string of the molecule is CCCS(=O)(=O)Nc1ccc(F)c(C(=O)c2c[nH]c3ncc(-c4csc(N(C)C)n4)cc23)c1F. The number of fused-ring (bicyclic) bond motifs is 1. The number of halogens is 2. The summed E-state index contributed by atoms with van der Waals surface area (Å²) < 4.78 is 55.9. The van der Waals surface area contributed by atoms with Gasteiger partial charge < -0.3 is 9.88 Å². The molecule has 4 rings (SSSR count). The topological polar surface area (TPSA) is 108 Å². The third kappa shape index (κ3) is 4.50. The first-order valence-corrected chi connectivity index (χ1v) is 12.8. The Balaban J connectivity index is 1.76. The minimum atomic E-state index is -3.84. The minimum Gasteiger partial charge on any atom is -0.354 e. The predicted molar refractivity (Wildman–Crippen MR) is 129 cm³/mol. The van der Waals surface area contributed by atoms with Crippen LogP contribution < -0.4 is 9.62 Å². The van der Waals surface area contributed by atoms with Crippen LogP contribution in [0.25, 0.3) is 22.3 Å². The van der Waals surface area contributed by atoms with E-state index in [1.165, 1.54) is 17.5 Å². The van der Waals surface area contributed by atoms with Gasteiger partial charge in [0.05, 0.1) is 22.7 Å². The summed E-state index contributed by atoms with van der Waals surface area (Å²) in [6.45, 7) is 1.65. The van der Waals surface area contributed by atoms with Gasteiger partial charge in [0.25, 0.3) is 0 Å². The zero-order chi connectivity index (χ0) is 24.6. The highest BCUT2D eigenvalue weighted by Crippen LogP contribution is 2.31. The summed E-state index contributed by atoms with van der Waals surface area (Å²) in [5.41, 5.74) is 0.288. The number of hydrogen-bond donors (Lipinski definition) is 2. The van der Waals surface area contributed by atoms with Crippen molar-refractivity contribution in [3.63, 3.8) is 0 Å². The van der Waals surface area contributed by atoms with Crippen molar-refractivity contribution in [2.45, 2.75) is 13.3 Å². The number of carbonyl (C=O) groups excluding carboxylic acids is 1. The Morgan fingerprint density at radius 2 is 2.03 bits per heavy atom. The molecule has 0 atom stereocenters. The maximum atomic E-state index is 15.1. The lowest BCUT2D eigenvalue weighted by molar-refractivity contribution is 0.103. The van der Waals surface area contributed by atoms with Gasteiger partial charge in [-0.3, -0.25) is 9.52 Å². The smallest absolute Gasteiger partial charge is 0.232 e. The average Bonchev–Trinajstić information content (AvgIpc) is 3.42. The van der Waals surface area contributed by atoms with Crippen LogP contribution >= 0.6 is 11.3 Å². The quantitative estimate of drug-likeness (QED) is 0.344. The monoisotopic (exact) mass is 505 g/mol. The van der Waals surface area contributed by atoms with Crippen LogP contribution in [0.15, 0.2) is 36.0 Å². The van der Waals surface area contributed by atoms with Gasteiger partial charge in [0.15, 0.2) is 10.9 Å². The molecule has 0 saturated heterocycles. The van der Waals surface area contributed by atoms with Crippen molar-refractivity contribution in [3.05, 3.63) is 58.7 Å². The summed E-state index contributed by atoms with van der Waals surface area (Å²) in [4.78, 5) is 26.7. The van der Waals surface area contributed by atoms with Crippen molar-refractivity contribution >= 4 is 49.0 Å². The van der Waals surface area contributed by atoms with Gasteiger partial charge in [0.2, 0.25) is 15.8 Å². The zero-order valence-electron chi connectivity index (χ0n) is 18.5. The molecule has 3 heterocycles. The molecule has 0 aliphatic carbocycles. The molecule has 3 aromatic heterocycles. The molecular weight excluding hydrogens is 484 g/mol. The second-order valence-corrected chi connectivity index (χ2v) is 10.4. The number of benzene rings is 1. The van der Waals surface area contributed by atoms with E-state index in [0.29, 0.717) is 28.7 Å². The molecule has 1 aromatic carbocycles. The number of rotatable bonds is 8. The van der Waals surface area contributed by atoms with Crippen LogP contribution in [0, 0.1) is 11.6 Å². The molecule has 0 saturated carbocycles. The van der Waals surface area contributed by atoms with E-state index in [1.54, 1.807) is 19.2 Å². The Labute approximate surface area is 198 Å². The van der Waals surface area contributed by atoms with Crippen molar-refractivity contribution in [3.8, 4) is 11.3 Å². The molecule has 0 fully saturated rings. The largest absolute Gasteiger partial charge is 0.354 e. The number of anilines is 2. The zero-order valence-corrected chi connectivity index (χ0v) is 20.2. The van der Waals surface area contributed by atoms with Crippen LogP contribution in [-0.4, -0.2) is 49.0 Å². The Morgan fingerprint density at radius 3 is 2.71 bits per heavy atom. The van der Waals surface area contributed by atoms with Gasteiger partial charge in [0, 0.05) is 48.4 Å². The van der Waals surface area contributed by atoms with Gasteiger partial charge in [-0.05, 0) is 24.6 Å². The molecule has 8 nitrogen and oxygen atoms in total. The van der Waals surface area contributed by atoms with Gasteiger partial charge in [-0.15, -0.1) is 11.3 Å². The molecule has 0 radical (unpaired) electrons. The minimum absolute atomic E-state index is 0.00113. The van der Waals surface area contributed by atoms with Crippen LogP contribution in [0.5, 0.6) is 0 Å². The van der Waals surface area contributed by atoms with Crippen molar-refractivity contribution in [2.24, 2.45) is 0 Å². The Bertz CT molecular complexity index is 1500. The maximum absolute atomic E-state index is 15.1. The number of aromatic amines is 1. The van der Waals surface area contributed by atoms with Crippen LogP contribution in [0.4, 0.5) is 19.6 Å². The standard InChI is InChI=1S/C22H21F2N5O3S2/c1-4-7-34(31,32)28-16-6-5-15(23)18(19(16)24)20(30)14-10-26-21-13(14)8-12(9-25-21)17-11-33-22(27-17)29(2)3/h5-6,8-11,28H,4,7H2,1-3H3,(H,25,26). The van der Waals surface area contributed by atoms with Gasteiger partial charge in [-0.1, -0.05) is 6.92 Å². The highest BCUT2D eigenvalue weighted by molar-refractivity contribution is 7.92. The number of thiazole rings is 1. The molecular formula is C22H21F2N5O3S2. The highest BCUT2D eigenvalue weighted by Gasteiger charge is 2.26. The van der Waals surface area contributed by atoms with E-state index in [1.807, 2.05) is 24.4 Å². The summed E-state index contributed by atoms with van der Waals surface area (Å²) >= 11 is 1.44. The third-order valence-electron chi connectivity index (χ3n) is 5.00. The van der Waals surface area contributed by atoms with E-state index in [-0.39, 0.29) is 11.3 Å². The van der Waals surface area contributed by atoms with Crippen LogP contribution in [0.3, 0.4) is 0 Å². The summed E-state index contributed by atoms with van der Waals surface area (Å²) in [6.07, 6.45) is 3.22. The molecule has 0 amide bonds. The fourth-order valence-corrected chi connectivity index (χ4v) is 5.29. The number of aromatic nitrogens is 3. The number of carbonyl (C=O) groups is 1. The predicted octanol–water partition coefficient (Wildman–Crippen LogP) is 4.41. The van der Waals surface area contributed by atoms with Gasteiger partial charge in [-0.25, -0.2) is 27.2 Å². The first-order chi connectivity index (χ1) is 16.1. The van der Waals surface area contributed by atoms with E-state index >= 15 is 4.39 Å². The van der Waals surface area contributed by atoms with Crippen molar-refractivity contribution < 1.29 is 22.0 Å². The van der Waals surface area contributed by atoms with Crippen LogP contribution in [0.2, 0.25) is 0 Å². The normalized spacial score (nSPS) is 11.7. The van der Waals surface area contributed by atoms with E-state index in [0.717, 1.165) is 17.3 Å². The summed E-state index contributed by atoms with van der Waals surface area (Å²) in [5, 5.41) is 2.99. The number of pyridine rings is 1. The summed E-state index contributed by atoms with van der Waals surface area (Å²) in [6, 6.07) is 3.48. The lowest BCUT2D eigenvalue weighted by Crippen LogP contribution is -2.18. The first-order valence-electron chi connectivity index (χ1n) is 10.2. The van der Waals surface area contributed by atoms with Crippen molar-refractivity contribution in [2.75, 3.05) is 29.5 Å². The molecule has 12 heteroatoms. The molecule has 0 aliphatic rings. The lowest BCUT2D eigenvalue weighted by atomic mass is 10.0. The van der Waals surface area contributed by atoms with Crippen LogP contribution in [-0.2, 0) is 10.0 Å². The highest BCUT2D eigenvalue weighted by atomic mass is 32.2. The number of H-pyrrole nitrogens is 1. The Morgan fingerprint density at radius 1 is 1.26 bits per heavy atom. The van der Waals surface area contributed by atoms with Crippen molar-refractivity contribution in [1.82, 2.24) is 15.0 Å². The van der Waals surface area contributed by atoms with E-state index in [9.17, 15) is 17.6 Å². The number of sulfonamides is 1. The van der Waals surface area contributed by atoms with E-state index in [4.69, 9.17) is 0 Å².